The molecule has 0 radical (unpaired) electrons. The summed E-state index contributed by atoms with van der Waals surface area (Å²) in [5.74, 6) is 0. The van der Waals surface area contributed by atoms with Crippen LogP contribution in [-0.4, -0.2) is 0 Å². The van der Waals surface area contributed by atoms with Crippen molar-refractivity contribution in [1.82, 2.24) is 0 Å². The maximum Gasteiger partial charge on any atom is 0.185 e. The first kappa shape index (κ1) is 10.5. The second kappa shape index (κ2) is 3.64. The first-order valence-corrected chi connectivity index (χ1v) is 4.88. The lowest BCUT2D eigenvalue weighted by molar-refractivity contribution is -0.394. The molecule has 70 valence electrons. The molecule has 3 heteroatoms. The lowest BCUT2D eigenvalue weighted by atomic mass is 10.2. The number of thiophene rings is 1. The number of H-pyrrole nitrogens is 1. The van der Waals surface area contributed by atoms with Gasteiger partial charge in [-0.25, -0.2) is 4.98 Å². The molecule has 0 aliphatic rings. The van der Waals surface area contributed by atoms with Gasteiger partial charge in [-0.2, -0.15) is 0 Å². The van der Waals surface area contributed by atoms with Crippen LogP contribution >= 0.6 is 11.3 Å². The second-order valence-electron chi connectivity index (χ2n) is 3.21. The SMILES string of the molecule is Cc1cc2sc(C)cc2c(C)[nH+]1.[Cl-]. The fourth-order valence-corrected chi connectivity index (χ4v) is 2.61. The summed E-state index contributed by atoms with van der Waals surface area (Å²) in [5.41, 5.74) is 2.51. The third-order valence-corrected chi connectivity index (χ3v) is 3.02. The first-order chi connectivity index (χ1) is 5.66. The summed E-state index contributed by atoms with van der Waals surface area (Å²) in [5, 5.41) is 1.36. The number of halogens is 1. The van der Waals surface area contributed by atoms with E-state index in [2.05, 4.69) is 37.9 Å². The smallest absolute Gasteiger partial charge is 0.185 e. The molecule has 1 N–H and O–H groups in total. The van der Waals surface area contributed by atoms with Gasteiger partial charge in [-0.15, -0.1) is 11.3 Å². The van der Waals surface area contributed by atoms with E-state index in [0.717, 1.165) is 0 Å². The summed E-state index contributed by atoms with van der Waals surface area (Å²) in [7, 11) is 0. The van der Waals surface area contributed by atoms with E-state index < -0.39 is 0 Å². The molecule has 0 aliphatic carbocycles. The van der Waals surface area contributed by atoms with Gasteiger partial charge in [0, 0.05) is 29.5 Å². The molecule has 2 heterocycles. The molecule has 2 aromatic rings. The van der Waals surface area contributed by atoms with E-state index in [1.54, 1.807) is 0 Å². The zero-order valence-corrected chi connectivity index (χ0v) is 9.51. The molecule has 0 aromatic carbocycles. The van der Waals surface area contributed by atoms with Crippen LogP contribution in [0.3, 0.4) is 0 Å². The predicted molar refractivity (Wildman–Crippen MR) is 52.6 cm³/mol. The molecule has 2 aromatic heterocycles. The summed E-state index contributed by atoms with van der Waals surface area (Å²) in [6.45, 7) is 6.38. The Kier molecular flexibility index (Phi) is 2.94. The molecule has 0 amide bonds. The average molecular weight is 214 g/mol. The van der Waals surface area contributed by atoms with Gasteiger partial charge in [-0.1, -0.05) is 0 Å². The van der Waals surface area contributed by atoms with Gasteiger partial charge in [0.05, 0.1) is 5.39 Å². The monoisotopic (exact) mass is 213 g/mol. The maximum absolute atomic E-state index is 3.33. The van der Waals surface area contributed by atoms with Gasteiger partial charge in [-0.05, 0) is 13.0 Å². The van der Waals surface area contributed by atoms with Crippen molar-refractivity contribution in [2.24, 2.45) is 0 Å². The number of aryl methyl sites for hydroxylation is 3. The summed E-state index contributed by atoms with van der Waals surface area (Å²) in [4.78, 5) is 4.71. The summed E-state index contributed by atoms with van der Waals surface area (Å²) in [6.07, 6.45) is 0. The maximum atomic E-state index is 3.33. The summed E-state index contributed by atoms with van der Waals surface area (Å²) < 4.78 is 1.39. The van der Waals surface area contributed by atoms with Crippen molar-refractivity contribution in [3.63, 3.8) is 0 Å². The third kappa shape index (κ3) is 1.84. The summed E-state index contributed by atoms with van der Waals surface area (Å²) >= 11 is 1.86. The zero-order valence-electron chi connectivity index (χ0n) is 7.94. The molecule has 0 saturated carbocycles. The van der Waals surface area contributed by atoms with Crippen LogP contribution in [0.5, 0.6) is 0 Å². The van der Waals surface area contributed by atoms with Gasteiger partial charge in [-0.3, -0.25) is 0 Å². The van der Waals surface area contributed by atoms with Crippen LogP contribution in [0.2, 0.25) is 0 Å². The van der Waals surface area contributed by atoms with Crippen LogP contribution in [0.15, 0.2) is 12.1 Å². The van der Waals surface area contributed by atoms with E-state index in [1.165, 1.54) is 26.4 Å². The minimum Gasteiger partial charge on any atom is -1.00 e. The highest BCUT2D eigenvalue weighted by Gasteiger charge is 2.07. The molecule has 0 saturated heterocycles. The molecule has 0 unspecified atom stereocenters. The van der Waals surface area contributed by atoms with E-state index in [1.807, 2.05) is 11.3 Å². The number of fused-ring (bicyclic) bond motifs is 1. The number of pyridine rings is 1. The number of rotatable bonds is 0. The van der Waals surface area contributed by atoms with Crippen molar-refractivity contribution >= 4 is 21.4 Å². The van der Waals surface area contributed by atoms with Crippen molar-refractivity contribution < 1.29 is 17.4 Å². The topological polar surface area (TPSA) is 14.1 Å². The van der Waals surface area contributed by atoms with Crippen LogP contribution in [0.4, 0.5) is 0 Å². The van der Waals surface area contributed by atoms with Gasteiger partial charge >= 0.3 is 0 Å². The van der Waals surface area contributed by atoms with E-state index in [4.69, 9.17) is 0 Å². The van der Waals surface area contributed by atoms with Crippen LogP contribution in [0, 0.1) is 20.8 Å². The van der Waals surface area contributed by atoms with Crippen LogP contribution in [0.25, 0.3) is 10.1 Å². The Bertz CT molecular complexity index is 434. The van der Waals surface area contributed by atoms with Crippen LogP contribution in [0.1, 0.15) is 16.3 Å². The zero-order chi connectivity index (χ0) is 8.72. The highest BCUT2D eigenvalue weighted by atomic mass is 35.5. The number of aromatic amines is 1. The Hall–Kier alpha value is -0.600. The lowest BCUT2D eigenvalue weighted by Gasteiger charge is -1.89. The lowest BCUT2D eigenvalue weighted by Crippen LogP contribution is -3.00. The Balaban J connectivity index is 0.000000845. The molecular formula is C10H12ClNS. The fourth-order valence-electron chi connectivity index (χ4n) is 1.53. The molecule has 1 nitrogen and oxygen atoms in total. The Morgan fingerprint density at radius 1 is 1.15 bits per heavy atom. The van der Waals surface area contributed by atoms with E-state index >= 15 is 0 Å². The van der Waals surface area contributed by atoms with Crippen LogP contribution in [-0.2, 0) is 0 Å². The number of hydrogen-bond acceptors (Lipinski definition) is 1. The molecule has 0 fully saturated rings. The van der Waals surface area contributed by atoms with Gasteiger partial charge in [0.15, 0.2) is 11.4 Å². The average Bonchev–Trinajstić information content (AvgIpc) is 2.29. The van der Waals surface area contributed by atoms with Gasteiger partial charge in [0.1, 0.15) is 0 Å². The molecule has 2 rings (SSSR count). The van der Waals surface area contributed by atoms with E-state index in [-0.39, 0.29) is 12.4 Å². The van der Waals surface area contributed by atoms with E-state index in [0.29, 0.717) is 0 Å². The third-order valence-electron chi connectivity index (χ3n) is 2.02. The predicted octanol–water partition coefficient (Wildman–Crippen LogP) is -0.355. The summed E-state index contributed by atoms with van der Waals surface area (Å²) in [6, 6.07) is 4.45. The Morgan fingerprint density at radius 3 is 2.54 bits per heavy atom. The number of aromatic nitrogens is 1. The standard InChI is InChI=1S/C10H11NS.ClH/c1-6-4-10-9(8(3)11-6)5-7(2)12-10;/h4-5H,1-3H3;1H. The highest BCUT2D eigenvalue weighted by molar-refractivity contribution is 7.19. The molecule has 13 heavy (non-hydrogen) atoms. The molecule has 0 bridgehead atoms. The van der Waals surface area contributed by atoms with Crippen molar-refractivity contribution in [1.29, 1.82) is 0 Å². The fraction of sp³-hybridized carbons (Fsp3) is 0.300. The van der Waals surface area contributed by atoms with Crippen molar-refractivity contribution in [3.8, 4) is 0 Å². The van der Waals surface area contributed by atoms with E-state index in [9.17, 15) is 0 Å². The minimum absolute atomic E-state index is 0. The molecule has 0 aliphatic heterocycles. The van der Waals surface area contributed by atoms with Gasteiger partial charge < -0.3 is 12.4 Å². The Morgan fingerprint density at radius 2 is 1.85 bits per heavy atom. The molecule has 0 atom stereocenters. The van der Waals surface area contributed by atoms with Crippen molar-refractivity contribution in [3.05, 3.63) is 28.4 Å². The normalized spacial score (nSPS) is 10.1. The van der Waals surface area contributed by atoms with Gasteiger partial charge in [0.25, 0.3) is 0 Å². The Labute approximate surface area is 88.2 Å². The second-order valence-corrected chi connectivity index (χ2v) is 4.50. The quantitative estimate of drug-likeness (QED) is 0.568. The van der Waals surface area contributed by atoms with Crippen LogP contribution < -0.4 is 17.4 Å². The molecular weight excluding hydrogens is 202 g/mol. The number of nitrogens with one attached hydrogen (secondary N) is 1. The first-order valence-electron chi connectivity index (χ1n) is 4.06. The minimum atomic E-state index is 0. The molecule has 0 spiro atoms. The van der Waals surface area contributed by atoms with Crippen molar-refractivity contribution in [2.75, 3.05) is 0 Å². The van der Waals surface area contributed by atoms with Crippen molar-refractivity contribution in [2.45, 2.75) is 20.8 Å². The number of hydrogen-bond donors (Lipinski definition) is 0. The highest BCUT2D eigenvalue weighted by Crippen LogP contribution is 2.25. The largest absolute Gasteiger partial charge is 1.00 e. The van der Waals surface area contributed by atoms with Gasteiger partial charge in [0.2, 0.25) is 0 Å².